The van der Waals surface area contributed by atoms with Gasteiger partial charge in [-0.3, -0.25) is 4.90 Å². The summed E-state index contributed by atoms with van der Waals surface area (Å²) >= 11 is 2.18. The normalized spacial score (nSPS) is 43.2. The van der Waals surface area contributed by atoms with Crippen LogP contribution in [0.15, 0.2) is 0 Å². The van der Waals surface area contributed by atoms with Crippen LogP contribution < -0.4 is 5.32 Å². The molecular weight excluding hydrogens is 352 g/mol. The monoisotopic (exact) mass is 386 g/mol. The highest BCUT2D eigenvalue weighted by molar-refractivity contribution is 8.00. The topological polar surface area (TPSA) is 49.4 Å². The molecule has 0 aromatic heterocycles. The van der Waals surface area contributed by atoms with Crippen molar-refractivity contribution in [1.29, 1.82) is 0 Å². The van der Waals surface area contributed by atoms with Crippen molar-refractivity contribution in [3.8, 4) is 0 Å². The Morgan fingerprint density at radius 3 is 2.56 bits per heavy atom. The Balaban J connectivity index is 1.32. The van der Waals surface area contributed by atoms with Gasteiger partial charge in [0, 0.05) is 36.7 Å². The second-order valence-corrected chi connectivity index (χ2v) is 12.6. The zero-order valence-corrected chi connectivity index (χ0v) is 17.2. The van der Waals surface area contributed by atoms with E-state index >= 15 is 0 Å². The van der Waals surface area contributed by atoms with Gasteiger partial charge in [0.15, 0.2) is 0 Å². The minimum atomic E-state index is -2.84. The summed E-state index contributed by atoms with van der Waals surface area (Å²) in [6.07, 6.45) is 10.9. The smallest absolute Gasteiger partial charge is 0.150 e. The highest BCUT2D eigenvalue weighted by Gasteiger charge is 2.42. The first-order valence-electron chi connectivity index (χ1n) is 10.3. The van der Waals surface area contributed by atoms with Crippen molar-refractivity contribution < 1.29 is 8.42 Å². The van der Waals surface area contributed by atoms with E-state index in [9.17, 15) is 8.42 Å². The second-order valence-electron chi connectivity index (χ2n) is 8.86. The van der Waals surface area contributed by atoms with Crippen molar-refractivity contribution in [1.82, 2.24) is 10.2 Å². The molecular formula is C19H34N2O2S2. The molecule has 4 atom stereocenters. The fourth-order valence-corrected chi connectivity index (χ4v) is 8.21. The summed E-state index contributed by atoms with van der Waals surface area (Å²) in [5.74, 6) is 2.84. The van der Waals surface area contributed by atoms with Crippen molar-refractivity contribution in [2.45, 2.75) is 74.0 Å². The molecule has 3 aliphatic heterocycles. The summed E-state index contributed by atoms with van der Waals surface area (Å²) in [5.41, 5.74) is 0. The van der Waals surface area contributed by atoms with Crippen molar-refractivity contribution in [3.63, 3.8) is 0 Å². The van der Waals surface area contributed by atoms with Crippen LogP contribution in [0.3, 0.4) is 0 Å². The van der Waals surface area contributed by atoms with Crippen LogP contribution in [0.2, 0.25) is 0 Å². The van der Waals surface area contributed by atoms with E-state index in [-0.39, 0.29) is 5.25 Å². The third kappa shape index (κ3) is 4.22. The quantitative estimate of drug-likeness (QED) is 0.805. The van der Waals surface area contributed by atoms with Gasteiger partial charge in [-0.05, 0) is 75.5 Å². The van der Waals surface area contributed by atoms with Crippen LogP contribution in [0.4, 0.5) is 0 Å². The summed E-state index contributed by atoms with van der Waals surface area (Å²) in [4.78, 5) is 2.79. The number of likely N-dealkylation sites (tertiary alicyclic amines) is 1. The summed E-state index contributed by atoms with van der Waals surface area (Å²) in [6.45, 7) is 3.72. The maximum atomic E-state index is 11.8. The molecule has 0 amide bonds. The third-order valence-corrected chi connectivity index (χ3v) is 10.4. The molecule has 0 bridgehead atoms. The Bertz CT molecular complexity index is 554. The molecule has 144 valence electrons. The van der Waals surface area contributed by atoms with Crippen LogP contribution in [0.1, 0.15) is 51.4 Å². The highest BCUT2D eigenvalue weighted by Crippen LogP contribution is 2.39. The number of sulfone groups is 1. The zero-order valence-electron chi connectivity index (χ0n) is 15.5. The van der Waals surface area contributed by atoms with Crippen molar-refractivity contribution in [2.24, 2.45) is 11.8 Å². The number of fused-ring (bicyclic) bond motifs is 1. The van der Waals surface area contributed by atoms with Gasteiger partial charge in [0.1, 0.15) is 9.84 Å². The van der Waals surface area contributed by atoms with Gasteiger partial charge >= 0.3 is 0 Å². The highest BCUT2D eigenvalue weighted by atomic mass is 32.2. The van der Waals surface area contributed by atoms with Gasteiger partial charge in [0.2, 0.25) is 0 Å². The first-order valence-corrected chi connectivity index (χ1v) is 13.3. The summed E-state index contributed by atoms with van der Waals surface area (Å²) in [5, 5.41) is 4.65. The lowest BCUT2D eigenvalue weighted by molar-refractivity contribution is 0.121. The van der Waals surface area contributed by atoms with E-state index in [1.165, 1.54) is 50.8 Å². The molecule has 0 spiro atoms. The number of piperidine rings is 1. The predicted octanol–water partition coefficient (Wildman–Crippen LogP) is 2.54. The molecule has 0 aromatic rings. The van der Waals surface area contributed by atoms with Crippen molar-refractivity contribution in [2.75, 3.05) is 31.6 Å². The first-order chi connectivity index (χ1) is 12.0. The van der Waals surface area contributed by atoms with E-state index in [0.717, 1.165) is 55.4 Å². The Hall–Kier alpha value is 0.220. The van der Waals surface area contributed by atoms with Crippen LogP contribution in [0, 0.1) is 11.8 Å². The molecule has 4 aliphatic rings. The minimum Gasteiger partial charge on any atom is -0.312 e. The maximum absolute atomic E-state index is 11.8. The molecule has 25 heavy (non-hydrogen) atoms. The van der Waals surface area contributed by atoms with E-state index in [1.54, 1.807) is 0 Å². The number of rotatable bonds is 4. The summed E-state index contributed by atoms with van der Waals surface area (Å²) in [6, 6.07) is 1.43. The summed E-state index contributed by atoms with van der Waals surface area (Å²) in [7, 11) is -2.84. The van der Waals surface area contributed by atoms with Crippen LogP contribution >= 0.6 is 11.8 Å². The van der Waals surface area contributed by atoms with Gasteiger partial charge in [0.25, 0.3) is 0 Å². The van der Waals surface area contributed by atoms with E-state index in [0.29, 0.717) is 6.04 Å². The van der Waals surface area contributed by atoms with Gasteiger partial charge in [-0.15, -0.1) is 0 Å². The van der Waals surface area contributed by atoms with Gasteiger partial charge < -0.3 is 5.32 Å². The first kappa shape index (κ1) is 18.6. The molecule has 0 aromatic carbocycles. The number of hydrogen-bond acceptors (Lipinski definition) is 5. The minimum absolute atomic E-state index is 0.0737. The van der Waals surface area contributed by atoms with E-state index in [1.807, 2.05) is 0 Å². The van der Waals surface area contributed by atoms with Crippen LogP contribution in [-0.2, 0) is 9.84 Å². The van der Waals surface area contributed by atoms with Gasteiger partial charge in [-0.1, -0.05) is 0 Å². The zero-order chi connectivity index (χ0) is 17.4. The van der Waals surface area contributed by atoms with Crippen LogP contribution in [0.5, 0.6) is 0 Å². The maximum Gasteiger partial charge on any atom is 0.150 e. The average molecular weight is 387 g/mol. The van der Waals surface area contributed by atoms with E-state index in [2.05, 4.69) is 22.0 Å². The van der Waals surface area contributed by atoms with Gasteiger partial charge in [-0.2, -0.15) is 11.8 Å². The fourth-order valence-electron chi connectivity index (χ4n) is 5.79. The number of thioether (sulfide) groups is 1. The molecule has 4 unspecified atom stereocenters. The van der Waals surface area contributed by atoms with Crippen molar-refractivity contribution in [3.05, 3.63) is 0 Å². The summed E-state index contributed by atoms with van der Waals surface area (Å²) < 4.78 is 23.6. The molecule has 1 N–H and O–H groups in total. The Kier molecular flexibility index (Phi) is 5.71. The van der Waals surface area contributed by atoms with Crippen LogP contribution in [-0.4, -0.2) is 67.5 Å². The SMILES string of the molecule is CS(=O)(=O)C1CCC(C2CNC3CCN(CC4CCCS4)C3C2)CC1. The Labute approximate surface area is 157 Å². The molecule has 3 saturated heterocycles. The molecule has 6 heteroatoms. The lowest BCUT2D eigenvalue weighted by Crippen LogP contribution is -2.53. The van der Waals surface area contributed by atoms with Crippen LogP contribution in [0.25, 0.3) is 0 Å². The number of nitrogens with one attached hydrogen (secondary N) is 1. The average Bonchev–Trinajstić information content (AvgIpc) is 3.24. The standard InChI is InChI=1S/C19H34N2O2S2/c1-25(22,23)17-6-4-14(5-7-17)15-11-19-18(20-12-15)8-9-21(19)13-16-3-2-10-24-16/h14-20H,2-13H2,1H3. The molecule has 4 nitrogen and oxygen atoms in total. The van der Waals surface area contributed by atoms with Gasteiger partial charge in [0.05, 0.1) is 5.25 Å². The molecule has 1 aliphatic carbocycles. The molecule has 4 rings (SSSR count). The Morgan fingerprint density at radius 2 is 1.88 bits per heavy atom. The molecule has 0 radical (unpaired) electrons. The predicted molar refractivity (Wildman–Crippen MR) is 106 cm³/mol. The number of hydrogen-bond donors (Lipinski definition) is 1. The second kappa shape index (κ2) is 7.69. The molecule has 1 saturated carbocycles. The van der Waals surface area contributed by atoms with E-state index < -0.39 is 9.84 Å². The lowest BCUT2D eigenvalue weighted by atomic mass is 9.74. The third-order valence-electron chi connectivity index (χ3n) is 7.30. The fraction of sp³-hybridized carbons (Fsp3) is 1.00. The lowest BCUT2D eigenvalue weighted by Gasteiger charge is -2.42. The van der Waals surface area contributed by atoms with Gasteiger partial charge in [-0.25, -0.2) is 8.42 Å². The molecule has 4 fully saturated rings. The van der Waals surface area contributed by atoms with E-state index in [4.69, 9.17) is 0 Å². The Morgan fingerprint density at radius 1 is 1.08 bits per heavy atom. The number of nitrogens with zero attached hydrogens (tertiary/aromatic N) is 1. The van der Waals surface area contributed by atoms with Crippen molar-refractivity contribution >= 4 is 21.6 Å². The molecule has 3 heterocycles. The largest absolute Gasteiger partial charge is 0.312 e.